The molecule has 0 atom stereocenters. The molecule has 2 rings (SSSR count). The monoisotopic (exact) mass is 230 g/mol. The predicted octanol–water partition coefficient (Wildman–Crippen LogP) is 3.29. The second-order valence-electron chi connectivity index (χ2n) is 3.98. The van der Waals surface area contributed by atoms with Gasteiger partial charge in [-0.1, -0.05) is 12.1 Å². The predicted molar refractivity (Wildman–Crippen MR) is 64.3 cm³/mol. The standard InChI is InChI=1S/C14H14O3/c1-10-3-4-11(2)14(7-10)16-9-13-6-5-12(8-15)17-13/h3-8H,9H2,1-2H3. The SMILES string of the molecule is Cc1ccc(C)c(OCc2ccc(C=O)o2)c1. The maximum Gasteiger partial charge on any atom is 0.185 e. The average Bonchev–Trinajstić information content (AvgIpc) is 2.78. The topological polar surface area (TPSA) is 39.4 Å². The third-order valence-corrected chi connectivity index (χ3v) is 2.51. The summed E-state index contributed by atoms with van der Waals surface area (Å²) in [5.74, 6) is 1.81. The van der Waals surface area contributed by atoms with Crippen molar-refractivity contribution in [2.24, 2.45) is 0 Å². The van der Waals surface area contributed by atoms with Gasteiger partial charge in [0.1, 0.15) is 18.1 Å². The first-order valence-electron chi connectivity index (χ1n) is 5.43. The molecule has 0 N–H and O–H groups in total. The number of aryl methyl sites for hydroxylation is 2. The first kappa shape index (κ1) is 11.5. The number of ether oxygens (including phenoxy) is 1. The first-order valence-corrected chi connectivity index (χ1v) is 5.43. The Morgan fingerprint density at radius 2 is 2.06 bits per heavy atom. The normalized spacial score (nSPS) is 10.2. The van der Waals surface area contributed by atoms with E-state index in [-0.39, 0.29) is 0 Å². The Morgan fingerprint density at radius 1 is 1.24 bits per heavy atom. The van der Waals surface area contributed by atoms with E-state index >= 15 is 0 Å². The summed E-state index contributed by atoms with van der Waals surface area (Å²) in [6.07, 6.45) is 0.682. The quantitative estimate of drug-likeness (QED) is 0.756. The zero-order chi connectivity index (χ0) is 12.3. The Balaban J connectivity index is 2.06. The van der Waals surface area contributed by atoms with Crippen molar-refractivity contribution in [2.75, 3.05) is 0 Å². The minimum atomic E-state index is 0.324. The van der Waals surface area contributed by atoms with Crippen LogP contribution in [0.4, 0.5) is 0 Å². The van der Waals surface area contributed by atoms with Crippen LogP contribution in [0.5, 0.6) is 5.75 Å². The zero-order valence-corrected chi connectivity index (χ0v) is 9.90. The molecule has 0 spiro atoms. The van der Waals surface area contributed by atoms with Crippen molar-refractivity contribution in [2.45, 2.75) is 20.5 Å². The lowest BCUT2D eigenvalue weighted by molar-refractivity contribution is 0.109. The van der Waals surface area contributed by atoms with Gasteiger partial charge >= 0.3 is 0 Å². The summed E-state index contributed by atoms with van der Waals surface area (Å²) >= 11 is 0. The van der Waals surface area contributed by atoms with Crippen molar-refractivity contribution < 1.29 is 13.9 Å². The molecule has 0 radical (unpaired) electrons. The van der Waals surface area contributed by atoms with Crippen molar-refractivity contribution in [1.82, 2.24) is 0 Å². The van der Waals surface area contributed by atoms with Gasteiger partial charge in [0.25, 0.3) is 0 Å². The highest BCUT2D eigenvalue weighted by molar-refractivity contribution is 5.70. The number of aldehydes is 1. The number of hydrogen-bond acceptors (Lipinski definition) is 3. The number of furan rings is 1. The van der Waals surface area contributed by atoms with Crippen molar-refractivity contribution in [3.63, 3.8) is 0 Å². The van der Waals surface area contributed by atoms with Gasteiger partial charge in [-0.25, -0.2) is 0 Å². The summed E-state index contributed by atoms with van der Waals surface area (Å²) in [7, 11) is 0. The number of carbonyl (C=O) groups excluding carboxylic acids is 1. The van der Waals surface area contributed by atoms with Gasteiger partial charge in [0.05, 0.1) is 0 Å². The van der Waals surface area contributed by atoms with Crippen LogP contribution in [-0.2, 0) is 6.61 Å². The van der Waals surface area contributed by atoms with Gasteiger partial charge in [-0.3, -0.25) is 4.79 Å². The summed E-state index contributed by atoms with van der Waals surface area (Å²) in [5, 5.41) is 0. The zero-order valence-electron chi connectivity index (χ0n) is 9.90. The van der Waals surface area contributed by atoms with Gasteiger partial charge in [0.2, 0.25) is 0 Å². The van der Waals surface area contributed by atoms with E-state index in [0.29, 0.717) is 24.4 Å². The highest BCUT2D eigenvalue weighted by atomic mass is 16.5. The lowest BCUT2D eigenvalue weighted by Crippen LogP contribution is -1.96. The van der Waals surface area contributed by atoms with Crippen LogP contribution in [0, 0.1) is 13.8 Å². The molecule has 0 saturated heterocycles. The van der Waals surface area contributed by atoms with Crippen molar-refractivity contribution in [3.05, 3.63) is 53.0 Å². The van der Waals surface area contributed by atoms with Gasteiger partial charge < -0.3 is 9.15 Å². The summed E-state index contributed by atoms with van der Waals surface area (Å²) in [6.45, 7) is 4.34. The van der Waals surface area contributed by atoms with Crippen LogP contribution in [0.25, 0.3) is 0 Å². The molecule has 0 aliphatic heterocycles. The fraction of sp³-hybridized carbons (Fsp3) is 0.214. The number of benzene rings is 1. The Morgan fingerprint density at radius 3 is 2.76 bits per heavy atom. The molecule has 2 aromatic rings. The molecule has 0 amide bonds. The fourth-order valence-corrected chi connectivity index (χ4v) is 1.55. The van der Waals surface area contributed by atoms with E-state index in [1.807, 2.05) is 32.0 Å². The van der Waals surface area contributed by atoms with E-state index in [4.69, 9.17) is 9.15 Å². The molecule has 0 aliphatic rings. The molecule has 3 heteroatoms. The van der Waals surface area contributed by atoms with Crippen LogP contribution in [-0.4, -0.2) is 6.29 Å². The summed E-state index contributed by atoms with van der Waals surface area (Å²) in [5.41, 5.74) is 2.23. The Labute approximate surface area is 100 Å². The van der Waals surface area contributed by atoms with Crippen LogP contribution in [0.1, 0.15) is 27.4 Å². The first-order chi connectivity index (χ1) is 8.19. The van der Waals surface area contributed by atoms with Gasteiger partial charge in [-0.15, -0.1) is 0 Å². The van der Waals surface area contributed by atoms with Crippen molar-refractivity contribution in [1.29, 1.82) is 0 Å². The van der Waals surface area contributed by atoms with E-state index < -0.39 is 0 Å². The Kier molecular flexibility index (Phi) is 3.28. The third-order valence-electron chi connectivity index (χ3n) is 2.51. The second-order valence-corrected chi connectivity index (χ2v) is 3.98. The summed E-state index contributed by atoms with van der Waals surface area (Å²) in [6, 6.07) is 9.42. The van der Waals surface area contributed by atoms with E-state index in [1.54, 1.807) is 12.1 Å². The maximum absolute atomic E-state index is 10.5. The van der Waals surface area contributed by atoms with E-state index in [2.05, 4.69) is 0 Å². The lowest BCUT2D eigenvalue weighted by Gasteiger charge is -2.08. The maximum atomic E-state index is 10.5. The minimum absolute atomic E-state index is 0.324. The Hall–Kier alpha value is -2.03. The highest BCUT2D eigenvalue weighted by Crippen LogP contribution is 2.20. The summed E-state index contributed by atoms with van der Waals surface area (Å²) < 4.78 is 10.9. The van der Waals surface area contributed by atoms with Crippen LogP contribution >= 0.6 is 0 Å². The molecule has 1 aromatic heterocycles. The molecular formula is C14H14O3. The van der Waals surface area contributed by atoms with Crippen LogP contribution in [0.3, 0.4) is 0 Å². The van der Waals surface area contributed by atoms with Gasteiger partial charge in [0, 0.05) is 0 Å². The molecule has 88 valence electrons. The molecule has 0 unspecified atom stereocenters. The number of hydrogen-bond donors (Lipinski definition) is 0. The smallest absolute Gasteiger partial charge is 0.185 e. The Bertz CT molecular complexity index is 526. The summed E-state index contributed by atoms with van der Waals surface area (Å²) in [4.78, 5) is 10.5. The molecular weight excluding hydrogens is 216 g/mol. The molecule has 1 heterocycles. The molecule has 1 aromatic carbocycles. The molecule has 0 saturated carbocycles. The number of rotatable bonds is 4. The third kappa shape index (κ3) is 2.75. The lowest BCUT2D eigenvalue weighted by atomic mass is 10.1. The largest absolute Gasteiger partial charge is 0.485 e. The number of carbonyl (C=O) groups is 1. The van der Waals surface area contributed by atoms with Gasteiger partial charge in [-0.05, 0) is 43.2 Å². The molecule has 0 fully saturated rings. The average molecular weight is 230 g/mol. The highest BCUT2D eigenvalue weighted by Gasteiger charge is 2.04. The minimum Gasteiger partial charge on any atom is -0.485 e. The van der Waals surface area contributed by atoms with E-state index in [9.17, 15) is 4.79 Å². The van der Waals surface area contributed by atoms with E-state index in [1.165, 1.54) is 0 Å². The van der Waals surface area contributed by atoms with Crippen molar-refractivity contribution >= 4 is 6.29 Å². The van der Waals surface area contributed by atoms with E-state index in [0.717, 1.165) is 16.9 Å². The molecule has 0 aliphatic carbocycles. The molecule has 17 heavy (non-hydrogen) atoms. The molecule has 0 bridgehead atoms. The second kappa shape index (κ2) is 4.87. The van der Waals surface area contributed by atoms with Gasteiger partial charge in [-0.2, -0.15) is 0 Å². The van der Waals surface area contributed by atoms with Gasteiger partial charge in [0.15, 0.2) is 12.0 Å². The molecule has 3 nitrogen and oxygen atoms in total. The van der Waals surface area contributed by atoms with Crippen LogP contribution in [0.2, 0.25) is 0 Å². The fourth-order valence-electron chi connectivity index (χ4n) is 1.55. The van der Waals surface area contributed by atoms with Crippen LogP contribution in [0.15, 0.2) is 34.7 Å². The van der Waals surface area contributed by atoms with Crippen molar-refractivity contribution in [3.8, 4) is 5.75 Å². The van der Waals surface area contributed by atoms with Crippen LogP contribution < -0.4 is 4.74 Å².